The minimum absolute atomic E-state index is 0.0893. The summed E-state index contributed by atoms with van der Waals surface area (Å²) in [6, 6.07) is 7.98. The predicted octanol–water partition coefficient (Wildman–Crippen LogP) is 3.08. The van der Waals surface area contributed by atoms with E-state index in [-0.39, 0.29) is 5.91 Å². The van der Waals surface area contributed by atoms with Gasteiger partial charge in [-0.1, -0.05) is 6.92 Å². The predicted molar refractivity (Wildman–Crippen MR) is 81.7 cm³/mol. The molecule has 19 heavy (non-hydrogen) atoms. The third-order valence-electron chi connectivity index (χ3n) is 3.62. The molecule has 0 aliphatic carbocycles. The summed E-state index contributed by atoms with van der Waals surface area (Å²) in [5.41, 5.74) is 0.883. The van der Waals surface area contributed by atoms with Crippen LogP contribution in [-0.2, 0) is 4.79 Å². The first kappa shape index (κ1) is 14.4. The lowest BCUT2D eigenvalue weighted by Gasteiger charge is -2.29. The molecule has 1 heterocycles. The van der Waals surface area contributed by atoms with Gasteiger partial charge in [0.15, 0.2) is 0 Å². The fourth-order valence-corrected chi connectivity index (χ4v) is 2.71. The summed E-state index contributed by atoms with van der Waals surface area (Å²) in [5.74, 6) is 0.893. The molecule has 0 atom stereocenters. The Kier molecular flexibility index (Phi) is 5.28. The molecular formula is C15H22N2OS. The maximum atomic E-state index is 12.0. The van der Waals surface area contributed by atoms with Crippen molar-refractivity contribution in [2.45, 2.75) is 24.7 Å². The van der Waals surface area contributed by atoms with Crippen LogP contribution >= 0.6 is 11.8 Å². The van der Waals surface area contributed by atoms with Gasteiger partial charge in [0.1, 0.15) is 0 Å². The SMILES string of the molecule is CSc1ccc(NC(=O)CN2CCC(C)CC2)cc1. The molecule has 4 heteroatoms. The first-order chi connectivity index (χ1) is 9.17. The Morgan fingerprint density at radius 3 is 2.53 bits per heavy atom. The standard InChI is InChI=1S/C15H22N2OS/c1-12-7-9-17(10-8-12)11-15(18)16-13-3-5-14(19-2)6-4-13/h3-6,12H,7-11H2,1-2H3,(H,16,18). The van der Waals surface area contributed by atoms with Gasteiger partial charge in [-0.2, -0.15) is 0 Å². The second-order valence-corrected chi connectivity index (χ2v) is 6.12. The van der Waals surface area contributed by atoms with Crippen LogP contribution in [0.5, 0.6) is 0 Å². The number of likely N-dealkylation sites (tertiary alicyclic amines) is 1. The van der Waals surface area contributed by atoms with Crippen molar-refractivity contribution in [3.8, 4) is 0 Å². The first-order valence-corrected chi connectivity index (χ1v) is 8.06. The van der Waals surface area contributed by atoms with Crippen LogP contribution in [0.15, 0.2) is 29.2 Å². The van der Waals surface area contributed by atoms with Crippen molar-refractivity contribution < 1.29 is 4.79 Å². The van der Waals surface area contributed by atoms with Gasteiger partial charge in [-0.3, -0.25) is 9.69 Å². The molecule has 1 aliphatic heterocycles. The molecule has 0 unspecified atom stereocenters. The summed E-state index contributed by atoms with van der Waals surface area (Å²) >= 11 is 1.70. The highest BCUT2D eigenvalue weighted by Gasteiger charge is 2.17. The number of anilines is 1. The maximum absolute atomic E-state index is 12.0. The van der Waals surface area contributed by atoms with E-state index in [0.717, 1.165) is 24.7 Å². The fourth-order valence-electron chi connectivity index (χ4n) is 2.30. The molecule has 1 aromatic rings. The maximum Gasteiger partial charge on any atom is 0.238 e. The molecule has 0 radical (unpaired) electrons. The molecule has 1 saturated heterocycles. The van der Waals surface area contributed by atoms with E-state index in [1.54, 1.807) is 11.8 Å². The molecule has 1 amide bonds. The van der Waals surface area contributed by atoms with Crippen molar-refractivity contribution >= 4 is 23.4 Å². The highest BCUT2D eigenvalue weighted by atomic mass is 32.2. The van der Waals surface area contributed by atoms with E-state index in [9.17, 15) is 4.79 Å². The molecule has 3 nitrogen and oxygen atoms in total. The summed E-state index contributed by atoms with van der Waals surface area (Å²) in [6.07, 6.45) is 4.45. The van der Waals surface area contributed by atoms with E-state index in [0.29, 0.717) is 6.54 Å². The second kappa shape index (κ2) is 6.96. The Hall–Kier alpha value is -1.00. The first-order valence-electron chi connectivity index (χ1n) is 6.83. The highest BCUT2D eigenvalue weighted by molar-refractivity contribution is 7.98. The minimum atomic E-state index is 0.0893. The second-order valence-electron chi connectivity index (χ2n) is 5.24. The van der Waals surface area contributed by atoms with Crippen LogP contribution in [0.2, 0.25) is 0 Å². The van der Waals surface area contributed by atoms with E-state index < -0.39 is 0 Å². The molecule has 1 aromatic carbocycles. The molecule has 104 valence electrons. The minimum Gasteiger partial charge on any atom is -0.325 e. The quantitative estimate of drug-likeness (QED) is 0.859. The van der Waals surface area contributed by atoms with Gasteiger partial charge in [0.25, 0.3) is 0 Å². The van der Waals surface area contributed by atoms with Gasteiger partial charge in [-0.05, 0) is 62.4 Å². The van der Waals surface area contributed by atoms with Crippen molar-refractivity contribution in [2.75, 3.05) is 31.2 Å². The number of nitrogens with one attached hydrogen (secondary N) is 1. The monoisotopic (exact) mass is 278 g/mol. The Bertz CT molecular complexity index is 411. The normalized spacial score (nSPS) is 17.4. The molecule has 0 spiro atoms. The number of benzene rings is 1. The van der Waals surface area contributed by atoms with Crippen LogP contribution in [0.3, 0.4) is 0 Å². The Morgan fingerprint density at radius 2 is 1.95 bits per heavy atom. The Balaban J connectivity index is 1.80. The number of hydrogen-bond donors (Lipinski definition) is 1. The number of rotatable bonds is 4. The molecular weight excluding hydrogens is 256 g/mol. The van der Waals surface area contributed by atoms with E-state index in [2.05, 4.69) is 17.1 Å². The molecule has 0 saturated carbocycles. The van der Waals surface area contributed by atoms with E-state index in [1.165, 1.54) is 17.7 Å². The largest absolute Gasteiger partial charge is 0.325 e. The van der Waals surface area contributed by atoms with Crippen molar-refractivity contribution in [3.05, 3.63) is 24.3 Å². The van der Waals surface area contributed by atoms with Crippen molar-refractivity contribution in [1.29, 1.82) is 0 Å². The average molecular weight is 278 g/mol. The third kappa shape index (κ3) is 4.55. The van der Waals surface area contributed by atoms with Crippen LogP contribution in [-0.4, -0.2) is 36.7 Å². The van der Waals surface area contributed by atoms with E-state index >= 15 is 0 Å². The highest BCUT2D eigenvalue weighted by Crippen LogP contribution is 2.18. The zero-order valence-electron chi connectivity index (χ0n) is 11.7. The number of nitrogens with zero attached hydrogens (tertiary/aromatic N) is 1. The summed E-state index contributed by atoms with van der Waals surface area (Å²) in [6.45, 7) is 4.88. The summed E-state index contributed by atoms with van der Waals surface area (Å²) in [4.78, 5) is 15.4. The van der Waals surface area contributed by atoms with E-state index in [1.807, 2.05) is 30.5 Å². The molecule has 0 bridgehead atoms. The fraction of sp³-hybridized carbons (Fsp3) is 0.533. The average Bonchev–Trinajstić information content (AvgIpc) is 2.42. The molecule has 1 aliphatic rings. The van der Waals surface area contributed by atoms with Crippen molar-refractivity contribution in [3.63, 3.8) is 0 Å². The number of thioether (sulfide) groups is 1. The van der Waals surface area contributed by atoms with Crippen molar-refractivity contribution in [2.24, 2.45) is 5.92 Å². The van der Waals surface area contributed by atoms with Gasteiger partial charge in [0, 0.05) is 10.6 Å². The number of carbonyl (C=O) groups excluding carboxylic acids is 1. The lowest BCUT2D eigenvalue weighted by Crippen LogP contribution is -2.38. The van der Waals surface area contributed by atoms with Crippen LogP contribution in [0.25, 0.3) is 0 Å². The Morgan fingerprint density at radius 1 is 1.32 bits per heavy atom. The zero-order chi connectivity index (χ0) is 13.7. The van der Waals surface area contributed by atoms with Crippen LogP contribution in [0.1, 0.15) is 19.8 Å². The Labute approximate surface area is 119 Å². The van der Waals surface area contributed by atoms with Gasteiger partial charge in [-0.25, -0.2) is 0 Å². The van der Waals surface area contributed by atoms with E-state index in [4.69, 9.17) is 0 Å². The number of carbonyl (C=O) groups is 1. The van der Waals surface area contributed by atoms with Crippen LogP contribution < -0.4 is 5.32 Å². The van der Waals surface area contributed by atoms with Gasteiger partial charge < -0.3 is 5.32 Å². The summed E-state index contributed by atoms with van der Waals surface area (Å²) in [7, 11) is 0. The zero-order valence-corrected chi connectivity index (χ0v) is 12.5. The van der Waals surface area contributed by atoms with Gasteiger partial charge >= 0.3 is 0 Å². The summed E-state index contributed by atoms with van der Waals surface area (Å²) in [5, 5.41) is 2.96. The molecule has 2 rings (SSSR count). The van der Waals surface area contributed by atoms with Crippen molar-refractivity contribution in [1.82, 2.24) is 4.90 Å². The third-order valence-corrected chi connectivity index (χ3v) is 4.36. The summed E-state index contributed by atoms with van der Waals surface area (Å²) < 4.78 is 0. The lowest BCUT2D eigenvalue weighted by molar-refractivity contribution is -0.117. The van der Waals surface area contributed by atoms with Gasteiger partial charge in [-0.15, -0.1) is 11.8 Å². The topological polar surface area (TPSA) is 32.3 Å². The van der Waals surface area contributed by atoms with Crippen LogP contribution in [0, 0.1) is 5.92 Å². The number of amides is 1. The van der Waals surface area contributed by atoms with Gasteiger partial charge in [0.2, 0.25) is 5.91 Å². The number of hydrogen-bond acceptors (Lipinski definition) is 3. The smallest absolute Gasteiger partial charge is 0.238 e. The molecule has 1 N–H and O–H groups in total. The van der Waals surface area contributed by atoms with Gasteiger partial charge in [0.05, 0.1) is 6.54 Å². The number of piperidine rings is 1. The molecule has 0 aromatic heterocycles. The molecule has 1 fully saturated rings. The lowest BCUT2D eigenvalue weighted by atomic mass is 9.99. The van der Waals surface area contributed by atoms with Crippen LogP contribution in [0.4, 0.5) is 5.69 Å².